The highest BCUT2D eigenvalue weighted by Gasteiger charge is 2.44. The van der Waals surface area contributed by atoms with Crippen molar-refractivity contribution in [1.82, 2.24) is 0 Å². The number of ether oxygens (including phenoxy) is 2. The fourth-order valence-electron chi connectivity index (χ4n) is 2.84. The van der Waals surface area contributed by atoms with Crippen LogP contribution in [0.15, 0.2) is 36.0 Å². The monoisotopic (exact) mass is 304 g/mol. The largest absolute Gasteiger partial charge is 0.461 e. The van der Waals surface area contributed by atoms with E-state index in [0.29, 0.717) is 18.4 Å². The Morgan fingerprint density at radius 3 is 2.64 bits per heavy atom. The Morgan fingerprint density at radius 1 is 1.32 bits per heavy atom. The van der Waals surface area contributed by atoms with Crippen LogP contribution < -0.4 is 0 Å². The van der Waals surface area contributed by atoms with Crippen molar-refractivity contribution in [2.75, 3.05) is 0 Å². The first-order chi connectivity index (χ1) is 10.3. The number of hydrogen-bond donors (Lipinski definition) is 0. The molecule has 0 aromatic rings. The first-order valence-corrected chi connectivity index (χ1v) is 7.25. The third-order valence-electron chi connectivity index (χ3n) is 4.02. The number of Topliss-reactive ketones (excluding diaryl/α,β-unsaturated/α-hetero) is 1. The summed E-state index contributed by atoms with van der Waals surface area (Å²) in [5.74, 6) is -1.52. The molecular formula is C17H20O5. The van der Waals surface area contributed by atoms with Crippen molar-refractivity contribution < 1.29 is 23.9 Å². The van der Waals surface area contributed by atoms with Crippen molar-refractivity contribution in [3.63, 3.8) is 0 Å². The van der Waals surface area contributed by atoms with Gasteiger partial charge in [0.2, 0.25) is 0 Å². The minimum absolute atomic E-state index is 0.0563. The summed E-state index contributed by atoms with van der Waals surface area (Å²) in [7, 11) is 0. The van der Waals surface area contributed by atoms with E-state index in [1.165, 1.54) is 6.92 Å². The maximum atomic E-state index is 12.1. The predicted octanol–water partition coefficient (Wildman–Crippen LogP) is 2.27. The van der Waals surface area contributed by atoms with Gasteiger partial charge in [-0.05, 0) is 25.0 Å². The fraction of sp³-hybridized carbons (Fsp3) is 0.471. The van der Waals surface area contributed by atoms with Crippen LogP contribution >= 0.6 is 0 Å². The van der Waals surface area contributed by atoms with E-state index in [1.54, 1.807) is 0 Å². The Bertz CT molecular complexity index is 584. The topological polar surface area (TPSA) is 69.7 Å². The van der Waals surface area contributed by atoms with Crippen molar-refractivity contribution in [1.29, 1.82) is 0 Å². The zero-order chi connectivity index (χ0) is 16.4. The summed E-state index contributed by atoms with van der Waals surface area (Å²) in [6.45, 7) is 10.7. The molecule has 3 atom stereocenters. The molecular weight excluding hydrogens is 284 g/mol. The second kappa shape index (κ2) is 6.30. The summed E-state index contributed by atoms with van der Waals surface area (Å²) in [5.41, 5.74) is 1.61. The average molecular weight is 304 g/mol. The number of rotatable bonds is 1. The molecule has 0 amide bonds. The molecule has 0 aromatic carbocycles. The van der Waals surface area contributed by atoms with Gasteiger partial charge in [-0.15, -0.1) is 0 Å². The van der Waals surface area contributed by atoms with Crippen molar-refractivity contribution in [3.05, 3.63) is 36.0 Å². The molecule has 0 radical (unpaired) electrons. The Balaban J connectivity index is 2.42. The summed E-state index contributed by atoms with van der Waals surface area (Å²) in [6, 6.07) is 0. The van der Waals surface area contributed by atoms with Crippen LogP contribution in [0.25, 0.3) is 0 Å². The second-order valence-corrected chi connectivity index (χ2v) is 5.81. The maximum Gasteiger partial charge on any atom is 0.334 e. The molecule has 1 aliphatic heterocycles. The molecule has 0 spiro atoms. The SMILES string of the molecule is C=C1C[C@H](OC(C)=O)[C@@H]2C(=C)C(=O)O[C@@H]2C=C(C)CCC1=O. The average Bonchev–Trinajstić information content (AvgIpc) is 2.69. The molecule has 0 unspecified atom stereocenters. The van der Waals surface area contributed by atoms with Crippen LogP contribution in [0.4, 0.5) is 0 Å². The quantitative estimate of drug-likeness (QED) is 0.422. The lowest BCUT2D eigenvalue weighted by Crippen LogP contribution is -2.33. The number of hydrogen-bond acceptors (Lipinski definition) is 5. The molecule has 0 aromatic heterocycles. The highest BCUT2D eigenvalue weighted by molar-refractivity contribution is 5.95. The van der Waals surface area contributed by atoms with Gasteiger partial charge in [0.15, 0.2) is 5.78 Å². The summed E-state index contributed by atoms with van der Waals surface area (Å²) < 4.78 is 10.7. The van der Waals surface area contributed by atoms with Gasteiger partial charge in [0.25, 0.3) is 0 Å². The molecule has 2 rings (SSSR count). The van der Waals surface area contributed by atoms with Crippen LogP contribution in [0.1, 0.15) is 33.1 Å². The van der Waals surface area contributed by atoms with E-state index in [-0.39, 0.29) is 17.8 Å². The highest BCUT2D eigenvalue weighted by atomic mass is 16.6. The minimum Gasteiger partial charge on any atom is -0.461 e. The zero-order valence-electron chi connectivity index (χ0n) is 12.9. The number of carbonyl (C=O) groups is 3. The van der Waals surface area contributed by atoms with Crippen LogP contribution in [0.2, 0.25) is 0 Å². The second-order valence-electron chi connectivity index (χ2n) is 5.81. The Kier molecular flexibility index (Phi) is 4.64. The normalized spacial score (nSPS) is 29.5. The molecule has 0 saturated carbocycles. The van der Waals surface area contributed by atoms with Crippen molar-refractivity contribution in [3.8, 4) is 0 Å². The number of carbonyl (C=O) groups excluding carboxylic acids is 3. The Hall–Kier alpha value is -2.17. The van der Waals surface area contributed by atoms with Gasteiger partial charge in [0, 0.05) is 25.3 Å². The van der Waals surface area contributed by atoms with Crippen molar-refractivity contribution in [2.24, 2.45) is 5.92 Å². The van der Waals surface area contributed by atoms with E-state index in [4.69, 9.17) is 9.47 Å². The van der Waals surface area contributed by atoms with E-state index in [9.17, 15) is 14.4 Å². The summed E-state index contributed by atoms with van der Waals surface area (Å²) in [4.78, 5) is 35.3. The minimum atomic E-state index is -0.681. The van der Waals surface area contributed by atoms with Crippen LogP contribution in [-0.4, -0.2) is 29.9 Å². The van der Waals surface area contributed by atoms with Gasteiger partial charge in [0.1, 0.15) is 12.2 Å². The van der Waals surface area contributed by atoms with Gasteiger partial charge in [-0.25, -0.2) is 4.79 Å². The van der Waals surface area contributed by atoms with Gasteiger partial charge in [-0.2, -0.15) is 0 Å². The van der Waals surface area contributed by atoms with E-state index in [1.807, 2.05) is 13.0 Å². The molecule has 5 nitrogen and oxygen atoms in total. The molecule has 2 aliphatic rings. The van der Waals surface area contributed by atoms with Crippen LogP contribution in [0.5, 0.6) is 0 Å². The molecule has 1 aliphatic carbocycles. The van der Waals surface area contributed by atoms with Crippen LogP contribution in [0.3, 0.4) is 0 Å². The maximum absolute atomic E-state index is 12.1. The van der Waals surface area contributed by atoms with Crippen LogP contribution in [-0.2, 0) is 23.9 Å². The van der Waals surface area contributed by atoms with Crippen LogP contribution in [0, 0.1) is 5.92 Å². The lowest BCUT2D eigenvalue weighted by Gasteiger charge is -2.27. The van der Waals surface area contributed by atoms with Gasteiger partial charge in [-0.3, -0.25) is 9.59 Å². The first-order valence-electron chi connectivity index (χ1n) is 7.25. The molecule has 5 heteroatoms. The smallest absolute Gasteiger partial charge is 0.334 e. The summed E-state index contributed by atoms with van der Waals surface area (Å²) in [6.07, 6.45) is 1.73. The Morgan fingerprint density at radius 2 is 2.00 bits per heavy atom. The molecule has 0 bridgehead atoms. The van der Waals surface area contributed by atoms with E-state index in [0.717, 1.165) is 5.57 Å². The number of fused-ring (bicyclic) bond motifs is 1. The van der Waals surface area contributed by atoms with Crippen molar-refractivity contribution in [2.45, 2.75) is 45.3 Å². The van der Waals surface area contributed by atoms with E-state index < -0.39 is 30.1 Å². The number of esters is 2. The lowest BCUT2D eigenvalue weighted by molar-refractivity contribution is -0.149. The Labute approximate surface area is 129 Å². The summed E-state index contributed by atoms with van der Waals surface area (Å²) in [5, 5.41) is 0. The number of ketones is 1. The van der Waals surface area contributed by atoms with E-state index in [2.05, 4.69) is 13.2 Å². The zero-order valence-corrected chi connectivity index (χ0v) is 12.9. The van der Waals surface area contributed by atoms with Gasteiger partial charge in [-0.1, -0.05) is 18.7 Å². The third-order valence-corrected chi connectivity index (χ3v) is 4.02. The highest BCUT2D eigenvalue weighted by Crippen LogP contribution is 2.36. The van der Waals surface area contributed by atoms with Crippen molar-refractivity contribution >= 4 is 17.7 Å². The molecule has 0 N–H and O–H groups in total. The van der Waals surface area contributed by atoms with Gasteiger partial charge < -0.3 is 9.47 Å². The summed E-state index contributed by atoms with van der Waals surface area (Å²) >= 11 is 0. The lowest BCUT2D eigenvalue weighted by atomic mass is 9.84. The van der Waals surface area contributed by atoms with Gasteiger partial charge >= 0.3 is 11.9 Å². The third kappa shape index (κ3) is 3.35. The predicted molar refractivity (Wildman–Crippen MR) is 79.8 cm³/mol. The number of allylic oxidation sites excluding steroid dienone is 1. The molecule has 1 fully saturated rings. The van der Waals surface area contributed by atoms with Gasteiger partial charge in [0.05, 0.1) is 5.92 Å². The molecule has 118 valence electrons. The standard InChI is InChI=1S/C17H20O5/c1-9-5-6-13(19)10(2)8-15(21-12(4)18)16-11(3)17(20)22-14(16)7-9/h7,14-16H,2-3,5-6,8H2,1,4H3/t14-,15+,16-/m1/s1. The van der Waals surface area contributed by atoms with E-state index >= 15 is 0 Å². The molecule has 22 heavy (non-hydrogen) atoms. The molecule has 1 heterocycles. The first kappa shape index (κ1) is 16.2. The molecule has 1 saturated heterocycles. The fourth-order valence-corrected chi connectivity index (χ4v) is 2.84.